The maximum atomic E-state index is 6.48. The number of benzene rings is 3. The van der Waals surface area contributed by atoms with Crippen molar-refractivity contribution < 1.29 is 0 Å². The third-order valence-electron chi connectivity index (χ3n) is 4.11. The lowest BCUT2D eigenvalue weighted by atomic mass is 9.92. The van der Waals surface area contributed by atoms with E-state index in [0.29, 0.717) is 0 Å². The molecule has 0 aromatic heterocycles. The van der Waals surface area contributed by atoms with Gasteiger partial charge in [0.25, 0.3) is 0 Å². The van der Waals surface area contributed by atoms with Crippen LogP contribution in [0.5, 0.6) is 0 Å². The minimum absolute atomic E-state index is 0.0699. The number of nitrogens with two attached hydrogens (primary N) is 1. The summed E-state index contributed by atoms with van der Waals surface area (Å²) in [7, 11) is 0. The summed E-state index contributed by atoms with van der Waals surface area (Å²) < 4.78 is 0. The molecule has 0 bridgehead atoms. The molecule has 1 nitrogen and oxygen atoms in total. The minimum atomic E-state index is -0.0699. The van der Waals surface area contributed by atoms with Gasteiger partial charge in [-0.25, -0.2) is 0 Å². The summed E-state index contributed by atoms with van der Waals surface area (Å²) >= 11 is 0. The fourth-order valence-corrected chi connectivity index (χ4v) is 2.69. The van der Waals surface area contributed by atoms with Gasteiger partial charge in [0.15, 0.2) is 0 Å². The van der Waals surface area contributed by atoms with Gasteiger partial charge in [-0.05, 0) is 52.9 Å². The molecule has 3 rings (SSSR count). The fraction of sp³-hybridized carbons (Fsp3) is 0.158. The van der Waals surface area contributed by atoms with Crippen molar-refractivity contribution in [2.45, 2.75) is 19.9 Å². The van der Waals surface area contributed by atoms with Gasteiger partial charge in [0.05, 0.1) is 6.04 Å². The first-order chi connectivity index (χ1) is 9.66. The molecule has 0 amide bonds. The van der Waals surface area contributed by atoms with Crippen LogP contribution < -0.4 is 5.73 Å². The van der Waals surface area contributed by atoms with Crippen molar-refractivity contribution in [1.29, 1.82) is 0 Å². The van der Waals surface area contributed by atoms with Crippen molar-refractivity contribution in [2.24, 2.45) is 5.73 Å². The van der Waals surface area contributed by atoms with E-state index in [1.54, 1.807) is 0 Å². The van der Waals surface area contributed by atoms with Gasteiger partial charge >= 0.3 is 0 Å². The van der Waals surface area contributed by atoms with E-state index >= 15 is 0 Å². The molecular weight excluding hydrogens is 242 g/mol. The van der Waals surface area contributed by atoms with Crippen molar-refractivity contribution >= 4 is 10.8 Å². The predicted molar refractivity (Wildman–Crippen MR) is 85.9 cm³/mol. The Morgan fingerprint density at radius 2 is 1.55 bits per heavy atom. The number of hydrogen-bond donors (Lipinski definition) is 1. The second kappa shape index (κ2) is 5.10. The summed E-state index contributed by atoms with van der Waals surface area (Å²) in [6.07, 6.45) is 0. The van der Waals surface area contributed by atoms with E-state index < -0.39 is 0 Å². The molecule has 1 unspecified atom stereocenters. The molecule has 1 heteroatoms. The molecule has 0 aliphatic heterocycles. The highest BCUT2D eigenvalue weighted by Crippen LogP contribution is 2.26. The average molecular weight is 261 g/mol. The summed E-state index contributed by atoms with van der Waals surface area (Å²) in [6.45, 7) is 4.28. The topological polar surface area (TPSA) is 26.0 Å². The third kappa shape index (κ3) is 2.21. The number of hydrogen-bond acceptors (Lipinski definition) is 1. The maximum absolute atomic E-state index is 6.48. The maximum Gasteiger partial charge on any atom is 0.0554 e. The van der Waals surface area contributed by atoms with Crippen molar-refractivity contribution in [2.75, 3.05) is 0 Å². The zero-order valence-corrected chi connectivity index (χ0v) is 11.9. The predicted octanol–water partition coefficient (Wildman–Crippen LogP) is 4.50. The quantitative estimate of drug-likeness (QED) is 0.722. The minimum Gasteiger partial charge on any atom is -0.320 e. The SMILES string of the molecule is Cc1cccc(C(N)c2ccc3ccccc3c2)c1C. The number of fused-ring (bicyclic) bond motifs is 1. The van der Waals surface area contributed by atoms with Crippen LogP contribution in [0.2, 0.25) is 0 Å². The van der Waals surface area contributed by atoms with Gasteiger partial charge in [0.1, 0.15) is 0 Å². The Bertz CT molecular complexity index is 759. The molecule has 1 atom stereocenters. The van der Waals surface area contributed by atoms with Gasteiger partial charge in [0.2, 0.25) is 0 Å². The van der Waals surface area contributed by atoms with Gasteiger partial charge < -0.3 is 5.73 Å². The molecular formula is C19H19N. The molecule has 0 heterocycles. The van der Waals surface area contributed by atoms with Crippen LogP contribution in [0.25, 0.3) is 10.8 Å². The van der Waals surface area contributed by atoms with Crippen LogP contribution in [0.3, 0.4) is 0 Å². The molecule has 0 fully saturated rings. The summed E-state index contributed by atoms with van der Waals surface area (Å²) in [6, 6.07) is 21.1. The van der Waals surface area contributed by atoms with E-state index in [9.17, 15) is 0 Å². The van der Waals surface area contributed by atoms with Gasteiger partial charge in [-0.1, -0.05) is 54.6 Å². The van der Waals surface area contributed by atoms with Crippen LogP contribution >= 0.6 is 0 Å². The lowest BCUT2D eigenvalue weighted by molar-refractivity contribution is 0.860. The van der Waals surface area contributed by atoms with Gasteiger partial charge in [-0.15, -0.1) is 0 Å². The molecule has 3 aromatic rings. The Hall–Kier alpha value is -2.12. The standard InChI is InChI=1S/C19H19N/c1-13-6-5-9-18(14(13)2)19(20)17-11-10-15-7-3-4-8-16(15)12-17/h3-12,19H,20H2,1-2H3. The molecule has 2 N–H and O–H groups in total. The van der Waals surface area contributed by atoms with Crippen LogP contribution in [0.1, 0.15) is 28.3 Å². The average Bonchev–Trinajstić information content (AvgIpc) is 2.49. The van der Waals surface area contributed by atoms with Crippen LogP contribution in [0.4, 0.5) is 0 Å². The van der Waals surface area contributed by atoms with Crippen molar-refractivity contribution in [1.82, 2.24) is 0 Å². The Morgan fingerprint density at radius 3 is 2.35 bits per heavy atom. The summed E-state index contributed by atoms with van der Waals surface area (Å²) in [5, 5.41) is 2.50. The lowest BCUT2D eigenvalue weighted by Gasteiger charge is -2.17. The molecule has 3 aromatic carbocycles. The van der Waals surface area contributed by atoms with Crippen LogP contribution in [0.15, 0.2) is 60.7 Å². The molecule has 0 spiro atoms. The normalized spacial score (nSPS) is 12.6. The lowest BCUT2D eigenvalue weighted by Crippen LogP contribution is -2.13. The summed E-state index contributed by atoms with van der Waals surface area (Å²) in [4.78, 5) is 0. The molecule has 0 saturated carbocycles. The van der Waals surface area contributed by atoms with Gasteiger partial charge in [-0.3, -0.25) is 0 Å². The first kappa shape index (κ1) is 12.9. The highest BCUT2D eigenvalue weighted by Gasteiger charge is 2.12. The number of aryl methyl sites for hydroxylation is 1. The Kier molecular flexibility index (Phi) is 3.29. The highest BCUT2D eigenvalue weighted by atomic mass is 14.6. The molecule has 0 aliphatic rings. The van der Waals surface area contributed by atoms with E-state index in [0.717, 1.165) is 5.56 Å². The number of rotatable bonds is 2. The van der Waals surface area contributed by atoms with E-state index in [2.05, 4.69) is 74.5 Å². The first-order valence-corrected chi connectivity index (χ1v) is 6.97. The third-order valence-corrected chi connectivity index (χ3v) is 4.11. The monoisotopic (exact) mass is 261 g/mol. The van der Waals surface area contributed by atoms with Crippen LogP contribution in [-0.2, 0) is 0 Å². The second-order valence-electron chi connectivity index (χ2n) is 5.37. The molecule has 20 heavy (non-hydrogen) atoms. The summed E-state index contributed by atoms with van der Waals surface area (Å²) in [5.41, 5.74) is 11.4. The van der Waals surface area contributed by atoms with Crippen molar-refractivity contribution in [3.63, 3.8) is 0 Å². The zero-order chi connectivity index (χ0) is 14.1. The van der Waals surface area contributed by atoms with E-state index in [1.165, 1.54) is 27.5 Å². The molecule has 100 valence electrons. The first-order valence-electron chi connectivity index (χ1n) is 6.97. The van der Waals surface area contributed by atoms with Gasteiger partial charge in [0, 0.05) is 0 Å². The summed E-state index contributed by atoms with van der Waals surface area (Å²) in [5.74, 6) is 0. The zero-order valence-electron chi connectivity index (χ0n) is 11.9. The molecule has 0 radical (unpaired) electrons. The fourth-order valence-electron chi connectivity index (χ4n) is 2.69. The Morgan fingerprint density at radius 1 is 0.800 bits per heavy atom. The highest BCUT2D eigenvalue weighted by molar-refractivity contribution is 5.83. The molecule has 0 aliphatic carbocycles. The van der Waals surface area contributed by atoms with Crippen molar-refractivity contribution in [3.8, 4) is 0 Å². The van der Waals surface area contributed by atoms with E-state index in [-0.39, 0.29) is 6.04 Å². The largest absolute Gasteiger partial charge is 0.320 e. The van der Waals surface area contributed by atoms with E-state index in [1.807, 2.05) is 0 Å². The van der Waals surface area contributed by atoms with Crippen LogP contribution in [-0.4, -0.2) is 0 Å². The Labute approximate surface area is 120 Å². The Balaban J connectivity index is 2.08. The van der Waals surface area contributed by atoms with Gasteiger partial charge in [-0.2, -0.15) is 0 Å². The molecule has 0 saturated heterocycles. The second-order valence-corrected chi connectivity index (χ2v) is 5.37. The smallest absolute Gasteiger partial charge is 0.0554 e. The van der Waals surface area contributed by atoms with E-state index in [4.69, 9.17) is 5.73 Å². The van der Waals surface area contributed by atoms with Crippen molar-refractivity contribution in [3.05, 3.63) is 82.9 Å². The van der Waals surface area contributed by atoms with Crippen LogP contribution in [0, 0.1) is 13.8 Å².